The summed E-state index contributed by atoms with van der Waals surface area (Å²) < 4.78 is 2.02. The van der Waals surface area contributed by atoms with Gasteiger partial charge in [0.15, 0.2) is 5.96 Å². The Labute approximate surface area is 146 Å². The Morgan fingerprint density at radius 1 is 1.17 bits per heavy atom. The highest BCUT2D eigenvalue weighted by Gasteiger charge is 2.05. The molecule has 0 aliphatic carbocycles. The largest absolute Gasteiger partial charge is 0.352 e. The molecule has 3 rings (SSSR count). The second-order valence-electron chi connectivity index (χ2n) is 5.39. The molecule has 2 aromatic heterocycles. The molecule has 0 aliphatic heterocycles. The van der Waals surface area contributed by atoms with Crippen LogP contribution in [0, 0.1) is 6.92 Å². The Kier molecular flexibility index (Phi) is 5.28. The smallest absolute Gasteiger partial charge is 0.191 e. The third-order valence-electron chi connectivity index (χ3n) is 3.67. The van der Waals surface area contributed by atoms with Gasteiger partial charge in [-0.05, 0) is 30.7 Å². The van der Waals surface area contributed by atoms with Crippen LogP contribution in [0.5, 0.6) is 0 Å². The molecule has 0 fully saturated rings. The van der Waals surface area contributed by atoms with Gasteiger partial charge in [0.05, 0.1) is 18.6 Å². The number of aliphatic imine (C=N–C) groups is 1. The Hall–Kier alpha value is -2.60. The number of hydrogen-bond donors (Lipinski definition) is 2. The molecular weight excluding hydrogens is 318 g/mol. The fourth-order valence-corrected chi connectivity index (χ4v) is 3.29. The first-order valence-electron chi connectivity index (χ1n) is 7.82. The van der Waals surface area contributed by atoms with Gasteiger partial charge >= 0.3 is 0 Å². The molecule has 0 bridgehead atoms. The number of aryl methyl sites for hydroxylation is 1. The van der Waals surface area contributed by atoms with Gasteiger partial charge in [0.1, 0.15) is 0 Å². The summed E-state index contributed by atoms with van der Waals surface area (Å²) in [5, 5.41) is 6.73. The predicted molar refractivity (Wildman–Crippen MR) is 99.7 cm³/mol. The molecule has 124 valence electrons. The fourth-order valence-electron chi connectivity index (χ4n) is 2.46. The third-order valence-corrected chi connectivity index (χ3v) is 4.67. The SMILES string of the molecule is CN=C(NCc1ccc(C)s1)NCc1ccccc1-n1ccnc1. The van der Waals surface area contributed by atoms with Gasteiger partial charge in [0.2, 0.25) is 0 Å². The van der Waals surface area contributed by atoms with Gasteiger partial charge in [-0.15, -0.1) is 11.3 Å². The number of hydrogen-bond acceptors (Lipinski definition) is 3. The van der Waals surface area contributed by atoms with Gasteiger partial charge in [-0.3, -0.25) is 4.99 Å². The number of thiophene rings is 1. The maximum atomic E-state index is 4.30. The first-order valence-corrected chi connectivity index (χ1v) is 8.64. The first-order chi connectivity index (χ1) is 11.8. The molecule has 6 heteroatoms. The lowest BCUT2D eigenvalue weighted by Crippen LogP contribution is -2.36. The summed E-state index contributed by atoms with van der Waals surface area (Å²) in [5.41, 5.74) is 2.30. The zero-order valence-corrected chi connectivity index (χ0v) is 14.7. The predicted octanol–water partition coefficient (Wildman–Crippen LogP) is 3.11. The molecule has 0 atom stereocenters. The highest BCUT2D eigenvalue weighted by molar-refractivity contribution is 7.11. The highest BCUT2D eigenvalue weighted by atomic mass is 32.1. The van der Waals surface area contributed by atoms with Crippen molar-refractivity contribution in [3.05, 3.63) is 70.4 Å². The van der Waals surface area contributed by atoms with Gasteiger partial charge in [-0.25, -0.2) is 4.98 Å². The monoisotopic (exact) mass is 339 g/mol. The normalized spacial score (nSPS) is 11.5. The first kappa shape index (κ1) is 16.3. The van der Waals surface area contributed by atoms with E-state index in [1.165, 1.54) is 15.3 Å². The van der Waals surface area contributed by atoms with Crippen molar-refractivity contribution in [1.29, 1.82) is 0 Å². The summed E-state index contributed by atoms with van der Waals surface area (Å²) in [5.74, 6) is 0.793. The van der Waals surface area contributed by atoms with Crippen LogP contribution in [0.3, 0.4) is 0 Å². The number of benzene rings is 1. The van der Waals surface area contributed by atoms with Crippen LogP contribution in [0.2, 0.25) is 0 Å². The Bertz CT molecular complexity index is 804. The van der Waals surface area contributed by atoms with Gasteiger partial charge in [-0.1, -0.05) is 18.2 Å². The van der Waals surface area contributed by atoms with Crippen molar-refractivity contribution < 1.29 is 0 Å². The van der Waals surface area contributed by atoms with Crippen LogP contribution in [0.4, 0.5) is 0 Å². The van der Waals surface area contributed by atoms with Crippen LogP contribution in [-0.2, 0) is 13.1 Å². The standard InChI is InChI=1S/C18H21N5S/c1-14-7-8-16(24-14)12-22-18(19-2)21-11-15-5-3-4-6-17(15)23-10-9-20-13-23/h3-10,13H,11-12H2,1-2H3,(H2,19,21,22). The van der Waals surface area contributed by atoms with Crippen LogP contribution in [0.25, 0.3) is 5.69 Å². The van der Waals surface area contributed by atoms with E-state index in [0.29, 0.717) is 6.54 Å². The maximum Gasteiger partial charge on any atom is 0.191 e. The second-order valence-corrected chi connectivity index (χ2v) is 6.76. The molecule has 2 N–H and O–H groups in total. The second kappa shape index (κ2) is 7.79. The maximum absolute atomic E-state index is 4.30. The number of imidazole rings is 1. The van der Waals surface area contributed by atoms with E-state index in [0.717, 1.165) is 18.2 Å². The topological polar surface area (TPSA) is 54.2 Å². The lowest BCUT2D eigenvalue weighted by Gasteiger charge is -2.14. The van der Waals surface area contributed by atoms with Gasteiger partial charge in [0.25, 0.3) is 0 Å². The molecule has 3 aromatic rings. The van der Waals surface area contributed by atoms with E-state index >= 15 is 0 Å². The zero-order chi connectivity index (χ0) is 16.8. The summed E-state index contributed by atoms with van der Waals surface area (Å²) in [4.78, 5) is 11.0. The van der Waals surface area contributed by atoms with Crippen LogP contribution < -0.4 is 10.6 Å². The van der Waals surface area contributed by atoms with Crippen molar-refractivity contribution in [2.45, 2.75) is 20.0 Å². The van der Waals surface area contributed by atoms with Gasteiger partial charge < -0.3 is 15.2 Å². The molecule has 2 heterocycles. The lowest BCUT2D eigenvalue weighted by molar-refractivity contribution is 0.809. The Balaban J connectivity index is 1.62. The minimum atomic E-state index is 0.692. The average molecular weight is 339 g/mol. The highest BCUT2D eigenvalue weighted by Crippen LogP contribution is 2.15. The van der Waals surface area contributed by atoms with Gasteiger partial charge in [-0.2, -0.15) is 0 Å². The zero-order valence-electron chi connectivity index (χ0n) is 13.9. The summed E-state index contributed by atoms with van der Waals surface area (Å²) >= 11 is 1.80. The van der Waals surface area contributed by atoms with Crippen LogP contribution >= 0.6 is 11.3 Å². The van der Waals surface area contributed by atoms with Crippen LogP contribution in [0.1, 0.15) is 15.3 Å². The molecular formula is C18H21N5S. The molecule has 0 radical (unpaired) electrons. The minimum Gasteiger partial charge on any atom is -0.352 e. The van der Waals surface area contributed by atoms with E-state index in [9.17, 15) is 0 Å². The van der Waals surface area contributed by atoms with Crippen LogP contribution in [-0.4, -0.2) is 22.6 Å². The summed E-state index contributed by atoms with van der Waals surface area (Å²) in [7, 11) is 1.79. The molecule has 0 aliphatic rings. The van der Waals surface area contributed by atoms with Crippen molar-refractivity contribution >= 4 is 17.3 Å². The average Bonchev–Trinajstić information content (AvgIpc) is 3.27. The third kappa shape index (κ3) is 4.02. The van der Waals surface area contributed by atoms with Gasteiger partial charge in [0, 0.05) is 35.7 Å². The number of para-hydroxylation sites is 1. The number of nitrogens with zero attached hydrogens (tertiary/aromatic N) is 3. The molecule has 5 nitrogen and oxygen atoms in total. The van der Waals surface area contributed by atoms with E-state index in [2.05, 4.69) is 51.8 Å². The van der Waals surface area contributed by atoms with Crippen molar-refractivity contribution in [1.82, 2.24) is 20.2 Å². The van der Waals surface area contributed by atoms with E-state index < -0.39 is 0 Å². The molecule has 0 unspecified atom stereocenters. The molecule has 0 saturated carbocycles. The van der Waals surface area contributed by atoms with Crippen molar-refractivity contribution in [2.75, 3.05) is 7.05 Å². The van der Waals surface area contributed by atoms with E-state index in [1.54, 1.807) is 24.6 Å². The van der Waals surface area contributed by atoms with Crippen molar-refractivity contribution in [3.8, 4) is 5.69 Å². The fraction of sp³-hybridized carbons (Fsp3) is 0.222. The molecule has 0 saturated heterocycles. The summed E-state index contributed by atoms with van der Waals surface area (Å²) in [6.07, 6.45) is 5.55. The van der Waals surface area contributed by atoms with Crippen molar-refractivity contribution in [2.24, 2.45) is 4.99 Å². The lowest BCUT2D eigenvalue weighted by atomic mass is 10.1. The summed E-state index contributed by atoms with van der Waals surface area (Å²) in [6.45, 7) is 3.59. The number of rotatable bonds is 5. The minimum absolute atomic E-state index is 0.692. The van der Waals surface area contributed by atoms with E-state index in [1.807, 2.05) is 29.2 Å². The quantitative estimate of drug-likeness (QED) is 0.555. The number of guanidine groups is 1. The Morgan fingerprint density at radius 3 is 2.71 bits per heavy atom. The molecule has 24 heavy (non-hydrogen) atoms. The van der Waals surface area contributed by atoms with Crippen molar-refractivity contribution in [3.63, 3.8) is 0 Å². The number of aromatic nitrogens is 2. The molecule has 0 spiro atoms. The molecule has 1 aromatic carbocycles. The summed E-state index contributed by atoms with van der Waals surface area (Å²) in [6, 6.07) is 12.6. The van der Waals surface area contributed by atoms with Crippen LogP contribution in [0.15, 0.2) is 60.1 Å². The molecule has 0 amide bonds. The Morgan fingerprint density at radius 2 is 2.00 bits per heavy atom. The van der Waals surface area contributed by atoms with E-state index in [4.69, 9.17) is 0 Å². The number of nitrogens with one attached hydrogen (secondary N) is 2. The van der Waals surface area contributed by atoms with E-state index in [-0.39, 0.29) is 0 Å².